The first kappa shape index (κ1) is 26.1. The zero-order valence-electron chi connectivity index (χ0n) is 22.8. The van der Waals surface area contributed by atoms with Crippen molar-refractivity contribution in [3.8, 4) is 0 Å². The summed E-state index contributed by atoms with van der Waals surface area (Å²) in [5.74, 6) is 0.00230. The van der Waals surface area contributed by atoms with E-state index in [9.17, 15) is 0 Å². The van der Waals surface area contributed by atoms with Gasteiger partial charge < -0.3 is 28.1 Å². The Balaban J connectivity index is 1.83. The number of hydrogen-bond donors (Lipinski definition) is 0. The van der Waals surface area contributed by atoms with Gasteiger partial charge in [-0.15, -0.1) is 0 Å². The molecule has 0 N–H and O–H groups in total. The molecule has 0 amide bonds. The molecule has 4 rings (SSSR count). The molecule has 0 aromatic rings. The largest absolute Gasteiger partial charge is 0.413 e. The quantitative estimate of drug-likeness (QED) is 0.336. The monoisotopic (exact) mass is 484 g/mol. The third kappa shape index (κ3) is 3.47. The van der Waals surface area contributed by atoms with Gasteiger partial charge in [-0.1, -0.05) is 27.7 Å². The molecule has 4 fully saturated rings. The minimum absolute atomic E-state index is 0.0364. The molecule has 0 spiro atoms. The van der Waals surface area contributed by atoms with Crippen molar-refractivity contribution in [3.05, 3.63) is 0 Å². The Hall–Kier alpha value is -0.0231. The van der Waals surface area contributed by atoms with Crippen molar-refractivity contribution in [2.24, 2.45) is 35.5 Å². The van der Waals surface area contributed by atoms with Crippen molar-refractivity contribution in [1.82, 2.24) is 0 Å². The number of hydrogen-bond acceptors (Lipinski definition) is 6. The number of fused-ring (bicyclic) bond motifs is 2. The van der Waals surface area contributed by atoms with Crippen molar-refractivity contribution >= 4 is 8.32 Å². The van der Waals surface area contributed by atoms with Crippen LogP contribution >= 0.6 is 0 Å². The zero-order chi connectivity index (χ0) is 24.6. The molecule has 192 valence electrons. The van der Waals surface area contributed by atoms with Crippen molar-refractivity contribution in [2.75, 3.05) is 27.4 Å². The Morgan fingerprint density at radius 2 is 1.70 bits per heavy atom. The van der Waals surface area contributed by atoms with Crippen LogP contribution in [0.15, 0.2) is 0 Å². The lowest BCUT2D eigenvalue weighted by atomic mass is 9.60. The summed E-state index contributed by atoms with van der Waals surface area (Å²) in [4.78, 5) is 0. The van der Waals surface area contributed by atoms with E-state index in [0.29, 0.717) is 25.0 Å². The van der Waals surface area contributed by atoms with Gasteiger partial charge in [0.15, 0.2) is 19.9 Å². The molecule has 0 radical (unpaired) electrons. The van der Waals surface area contributed by atoms with Gasteiger partial charge in [0.25, 0.3) is 0 Å². The lowest BCUT2D eigenvalue weighted by Gasteiger charge is -2.52. The van der Waals surface area contributed by atoms with Crippen LogP contribution in [0.2, 0.25) is 18.1 Å². The number of ether oxygens (including phenoxy) is 5. The van der Waals surface area contributed by atoms with Crippen molar-refractivity contribution in [3.63, 3.8) is 0 Å². The lowest BCUT2D eigenvalue weighted by molar-refractivity contribution is -0.287. The molecule has 6 nitrogen and oxygen atoms in total. The Kier molecular flexibility index (Phi) is 6.73. The van der Waals surface area contributed by atoms with Crippen LogP contribution in [0.1, 0.15) is 54.9 Å². The van der Waals surface area contributed by atoms with Crippen LogP contribution in [0.4, 0.5) is 0 Å². The van der Waals surface area contributed by atoms with Crippen LogP contribution < -0.4 is 0 Å². The van der Waals surface area contributed by atoms with Gasteiger partial charge in [-0.2, -0.15) is 0 Å². The molecule has 33 heavy (non-hydrogen) atoms. The fraction of sp³-hybridized carbons (Fsp3) is 1.00. The molecule has 0 aromatic heterocycles. The maximum absolute atomic E-state index is 7.30. The molecule has 3 saturated carbocycles. The second kappa shape index (κ2) is 8.53. The molecule has 7 heteroatoms. The van der Waals surface area contributed by atoms with Crippen molar-refractivity contribution in [1.29, 1.82) is 0 Å². The van der Waals surface area contributed by atoms with Gasteiger partial charge in [-0.3, -0.25) is 0 Å². The highest BCUT2D eigenvalue weighted by Crippen LogP contribution is 2.74. The van der Waals surface area contributed by atoms with E-state index in [1.165, 1.54) is 0 Å². The first-order chi connectivity index (χ1) is 15.4. The van der Waals surface area contributed by atoms with Crippen molar-refractivity contribution < 1.29 is 28.1 Å². The third-order valence-electron chi connectivity index (χ3n) is 10.1. The highest BCUT2D eigenvalue weighted by molar-refractivity contribution is 6.74. The Labute approximate surface area is 202 Å². The fourth-order valence-corrected chi connectivity index (χ4v) is 9.30. The molecule has 1 heterocycles. The lowest BCUT2D eigenvalue weighted by Crippen LogP contribution is -2.58. The van der Waals surface area contributed by atoms with E-state index < -0.39 is 19.9 Å². The van der Waals surface area contributed by atoms with Gasteiger partial charge in [-0.25, -0.2) is 0 Å². The molecule has 3 aliphatic carbocycles. The molecular formula is C26H48O6Si. The highest BCUT2D eigenvalue weighted by Gasteiger charge is 2.84. The predicted molar refractivity (Wildman–Crippen MR) is 130 cm³/mol. The van der Waals surface area contributed by atoms with Crippen LogP contribution in [0.5, 0.6) is 0 Å². The van der Waals surface area contributed by atoms with Gasteiger partial charge in [0, 0.05) is 51.6 Å². The Bertz CT molecular complexity index is 718. The van der Waals surface area contributed by atoms with Gasteiger partial charge >= 0.3 is 0 Å². The standard InChI is InChI=1S/C26H48O6Si/c1-12-29-16(4)18-15(3)21(32-33(10,11)24(5,6)7)19-17-14-25(30-13-2)23(20(19)22(18)31-25)26(17,27-8)28-9/h15-23H,12-14H2,1-11H3/t15-,16?,17-,18-,19+,20-,21+,22+,23-,25-/m1/s1. The SMILES string of the molecule is CCOC(C)[C@H]1[C@@H](C)[C@H](O[Si](C)(C)C(C)(C)C)[C@@H]2[C@@H]3[C@H]1O[C@]1(OCC)C[C@H]2C(OC)(OC)[C@H]31. The first-order valence-corrected chi connectivity index (χ1v) is 16.0. The van der Waals surface area contributed by atoms with Gasteiger partial charge in [0.05, 0.1) is 24.2 Å². The van der Waals surface area contributed by atoms with Crippen LogP contribution in [0.3, 0.4) is 0 Å². The Morgan fingerprint density at radius 3 is 2.21 bits per heavy atom. The molecule has 10 atom stereocenters. The van der Waals surface area contributed by atoms with E-state index in [1.807, 2.05) is 0 Å². The molecule has 1 saturated heterocycles. The number of methoxy groups -OCH3 is 2. The highest BCUT2D eigenvalue weighted by atomic mass is 28.4. The van der Waals surface area contributed by atoms with Gasteiger partial charge in [-0.05, 0) is 50.7 Å². The molecule has 4 aliphatic rings. The Morgan fingerprint density at radius 1 is 1.06 bits per heavy atom. The van der Waals surface area contributed by atoms with E-state index in [2.05, 4.69) is 61.6 Å². The summed E-state index contributed by atoms with van der Waals surface area (Å²) in [5, 5.41) is 0.142. The fourth-order valence-electron chi connectivity index (χ4n) is 7.90. The average Bonchev–Trinajstić information content (AvgIpc) is 3.25. The average molecular weight is 485 g/mol. The molecule has 1 unspecified atom stereocenters. The smallest absolute Gasteiger partial charge is 0.192 e. The molecule has 1 aliphatic heterocycles. The second-order valence-corrected chi connectivity index (χ2v) is 17.1. The topological polar surface area (TPSA) is 55.4 Å². The molecule has 0 aromatic carbocycles. The summed E-state index contributed by atoms with van der Waals surface area (Å²) in [6, 6.07) is 0. The van der Waals surface area contributed by atoms with E-state index in [4.69, 9.17) is 28.1 Å². The van der Waals surface area contributed by atoms with Crippen LogP contribution in [-0.2, 0) is 28.1 Å². The number of rotatable bonds is 9. The zero-order valence-corrected chi connectivity index (χ0v) is 23.8. The van der Waals surface area contributed by atoms with Gasteiger partial charge in [0.1, 0.15) is 0 Å². The van der Waals surface area contributed by atoms with Gasteiger partial charge in [0.2, 0.25) is 0 Å². The normalized spacial score (nSPS) is 44.5. The summed E-state index contributed by atoms with van der Waals surface area (Å²) in [5.41, 5.74) is 0. The minimum Gasteiger partial charge on any atom is -0.413 e. The summed E-state index contributed by atoms with van der Waals surface area (Å²) >= 11 is 0. The predicted octanol–water partition coefficient (Wildman–Crippen LogP) is 5.07. The van der Waals surface area contributed by atoms with Crippen LogP contribution in [0, 0.1) is 35.5 Å². The van der Waals surface area contributed by atoms with E-state index in [0.717, 1.165) is 6.42 Å². The maximum Gasteiger partial charge on any atom is 0.192 e. The maximum atomic E-state index is 7.30. The summed E-state index contributed by atoms with van der Waals surface area (Å²) in [7, 11) is 1.57. The van der Waals surface area contributed by atoms with Crippen molar-refractivity contribution in [2.45, 2.75) is 103 Å². The van der Waals surface area contributed by atoms with E-state index in [1.54, 1.807) is 14.2 Å². The van der Waals surface area contributed by atoms with E-state index >= 15 is 0 Å². The van der Waals surface area contributed by atoms with Crippen LogP contribution in [-0.4, -0.2) is 65.6 Å². The molecular weight excluding hydrogens is 436 g/mol. The second-order valence-electron chi connectivity index (χ2n) is 12.3. The summed E-state index contributed by atoms with van der Waals surface area (Å²) in [6.07, 6.45) is 1.06. The molecule has 2 bridgehead atoms. The minimum atomic E-state index is -2.01. The summed E-state index contributed by atoms with van der Waals surface area (Å²) < 4.78 is 39.5. The first-order valence-electron chi connectivity index (χ1n) is 13.1. The van der Waals surface area contributed by atoms with E-state index in [-0.39, 0.29) is 47.0 Å². The van der Waals surface area contributed by atoms with Crippen LogP contribution in [0.25, 0.3) is 0 Å². The third-order valence-corrected chi connectivity index (χ3v) is 14.5. The summed E-state index contributed by atoms with van der Waals surface area (Å²) in [6.45, 7) is 21.7.